The highest BCUT2D eigenvalue weighted by Gasteiger charge is 2.21. The van der Waals surface area contributed by atoms with E-state index in [9.17, 15) is 9.36 Å². The molecule has 0 radical (unpaired) electrons. The summed E-state index contributed by atoms with van der Waals surface area (Å²) in [4.78, 5) is 19.3. The van der Waals surface area contributed by atoms with E-state index in [1.807, 2.05) is 0 Å². The molecule has 0 aromatic carbocycles. The molecule has 0 aromatic rings. The molecule has 1 unspecified atom stereocenters. The highest BCUT2D eigenvalue weighted by molar-refractivity contribution is 7.47. The summed E-state index contributed by atoms with van der Waals surface area (Å²) in [5.41, 5.74) is 1.69. The van der Waals surface area contributed by atoms with Crippen molar-refractivity contribution in [2.24, 2.45) is 0 Å². The number of phosphoric acid groups is 1. The number of phosphoric ester groups is 1. The smallest absolute Gasteiger partial charge is 0.301 e. The molecule has 1 atom stereocenters. The second kappa shape index (κ2) is 5.88. The maximum atomic E-state index is 10.9. The lowest BCUT2D eigenvalue weighted by Crippen LogP contribution is -2.20. The SMILES string of the molecule is C=CC(=O)NOP(=O)(O)OCCC. The highest BCUT2D eigenvalue weighted by atomic mass is 31.2. The van der Waals surface area contributed by atoms with Crippen molar-refractivity contribution in [3.05, 3.63) is 12.7 Å². The third-order valence-corrected chi connectivity index (χ3v) is 1.74. The predicted octanol–water partition coefficient (Wildman–Crippen LogP) is 0.747. The highest BCUT2D eigenvalue weighted by Crippen LogP contribution is 2.41. The third kappa shape index (κ3) is 6.48. The van der Waals surface area contributed by atoms with Gasteiger partial charge in [-0.05, 0) is 12.5 Å². The number of amides is 1. The Hall–Kier alpha value is -0.680. The zero-order valence-corrected chi connectivity index (χ0v) is 8.12. The third-order valence-electron chi connectivity index (χ3n) is 0.906. The van der Waals surface area contributed by atoms with Crippen molar-refractivity contribution in [3.63, 3.8) is 0 Å². The van der Waals surface area contributed by atoms with E-state index in [1.165, 1.54) is 0 Å². The number of rotatable bonds is 6. The van der Waals surface area contributed by atoms with Gasteiger partial charge in [0.25, 0.3) is 5.91 Å². The van der Waals surface area contributed by atoms with Crippen molar-refractivity contribution < 1.29 is 23.4 Å². The molecule has 2 N–H and O–H groups in total. The van der Waals surface area contributed by atoms with E-state index in [0.29, 0.717) is 6.42 Å². The van der Waals surface area contributed by atoms with Gasteiger partial charge in [0.05, 0.1) is 6.61 Å². The van der Waals surface area contributed by atoms with Crippen LogP contribution in [0.25, 0.3) is 0 Å². The normalized spacial score (nSPS) is 14.6. The number of hydrogen-bond acceptors (Lipinski definition) is 4. The van der Waals surface area contributed by atoms with Gasteiger partial charge >= 0.3 is 7.82 Å². The van der Waals surface area contributed by atoms with E-state index >= 15 is 0 Å². The summed E-state index contributed by atoms with van der Waals surface area (Å²) in [6, 6.07) is 0. The van der Waals surface area contributed by atoms with E-state index < -0.39 is 13.7 Å². The molecule has 0 saturated carbocycles. The Balaban J connectivity index is 3.81. The number of hydroxylamine groups is 1. The molecule has 0 fully saturated rings. The fraction of sp³-hybridized carbons (Fsp3) is 0.500. The summed E-state index contributed by atoms with van der Waals surface area (Å²) in [6.45, 7) is 4.97. The predicted molar refractivity (Wildman–Crippen MR) is 45.5 cm³/mol. The van der Waals surface area contributed by atoms with Gasteiger partial charge in [-0.3, -0.25) is 9.32 Å². The summed E-state index contributed by atoms with van der Waals surface area (Å²) in [6.07, 6.45) is 1.48. The molecule has 0 heterocycles. The lowest BCUT2D eigenvalue weighted by Gasteiger charge is -2.09. The lowest BCUT2D eigenvalue weighted by molar-refractivity contribution is -0.123. The zero-order chi connectivity index (χ0) is 10.3. The number of carbonyl (C=O) groups is 1. The summed E-state index contributed by atoms with van der Waals surface area (Å²) < 4.78 is 19.4. The van der Waals surface area contributed by atoms with Gasteiger partial charge in [0.2, 0.25) is 0 Å². The monoisotopic (exact) mass is 209 g/mol. The van der Waals surface area contributed by atoms with Crippen molar-refractivity contribution >= 4 is 13.7 Å². The van der Waals surface area contributed by atoms with Gasteiger partial charge in [0.1, 0.15) is 0 Å². The first-order valence-electron chi connectivity index (χ1n) is 3.60. The van der Waals surface area contributed by atoms with E-state index in [2.05, 4.69) is 15.7 Å². The summed E-state index contributed by atoms with van der Waals surface area (Å²) in [7, 11) is -4.16. The average molecular weight is 209 g/mol. The first kappa shape index (κ1) is 12.3. The van der Waals surface area contributed by atoms with E-state index in [-0.39, 0.29) is 6.61 Å². The van der Waals surface area contributed by atoms with Crippen molar-refractivity contribution in [1.82, 2.24) is 5.48 Å². The van der Waals surface area contributed by atoms with Crippen LogP contribution >= 0.6 is 7.82 Å². The molecule has 7 heteroatoms. The Morgan fingerprint density at radius 2 is 2.38 bits per heavy atom. The topological polar surface area (TPSA) is 84.9 Å². The quantitative estimate of drug-likeness (QED) is 0.383. The van der Waals surface area contributed by atoms with Crippen LogP contribution in [0, 0.1) is 0 Å². The molecule has 0 saturated heterocycles. The maximum absolute atomic E-state index is 10.9. The van der Waals surface area contributed by atoms with E-state index in [0.717, 1.165) is 6.08 Å². The van der Waals surface area contributed by atoms with Gasteiger partial charge < -0.3 is 4.89 Å². The van der Waals surface area contributed by atoms with Crippen molar-refractivity contribution in [3.8, 4) is 0 Å². The molecule has 0 aromatic heterocycles. The molecule has 0 aliphatic rings. The summed E-state index contributed by atoms with van der Waals surface area (Å²) in [5.74, 6) is -0.714. The van der Waals surface area contributed by atoms with Crippen LogP contribution in [0.15, 0.2) is 12.7 Å². The Morgan fingerprint density at radius 3 is 2.85 bits per heavy atom. The van der Waals surface area contributed by atoms with Crippen LogP contribution in [0.4, 0.5) is 0 Å². The molecule has 13 heavy (non-hydrogen) atoms. The van der Waals surface area contributed by atoms with Crippen molar-refractivity contribution in [2.75, 3.05) is 6.61 Å². The van der Waals surface area contributed by atoms with Crippen LogP contribution in [0.1, 0.15) is 13.3 Å². The van der Waals surface area contributed by atoms with E-state index in [1.54, 1.807) is 12.4 Å². The van der Waals surface area contributed by atoms with Crippen LogP contribution in [0.3, 0.4) is 0 Å². The standard InChI is InChI=1S/C6H12NO5P/c1-3-5-11-13(9,10)12-7-6(8)4-2/h4H,2-3,5H2,1H3,(H,7,8)(H,9,10). The van der Waals surface area contributed by atoms with Crippen LogP contribution < -0.4 is 5.48 Å². The van der Waals surface area contributed by atoms with Gasteiger partial charge in [-0.1, -0.05) is 13.5 Å². The minimum atomic E-state index is -4.16. The second-order valence-corrected chi connectivity index (χ2v) is 3.44. The maximum Gasteiger partial charge on any atom is 0.493 e. The number of hydrogen-bond donors (Lipinski definition) is 2. The molecule has 1 amide bonds. The molecule has 0 aliphatic heterocycles. The molecule has 0 spiro atoms. The first-order chi connectivity index (χ1) is 6.02. The Labute approximate surface area is 76.1 Å². The first-order valence-corrected chi connectivity index (χ1v) is 5.09. The molecule has 76 valence electrons. The number of carbonyl (C=O) groups excluding carboxylic acids is 1. The van der Waals surface area contributed by atoms with Gasteiger partial charge in [-0.25, -0.2) is 10.0 Å². The number of nitrogens with one attached hydrogen (secondary N) is 1. The van der Waals surface area contributed by atoms with Crippen LogP contribution in [0.5, 0.6) is 0 Å². The molecule has 0 aliphatic carbocycles. The Kier molecular flexibility index (Phi) is 5.57. The zero-order valence-electron chi connectivity index (χ0n) is 7.23. The lowest BCUT2D eigenvalue weighted by atomic mass is 10.5. The fourth-order valence-electron chi connectivity index (χ4n) is 0.377. The van der Waals surface area contributed by atoms with Gasteiger partial charge in [0, 0.05) is 0 Å². The van der Waals surface area contributed by atoms with Crippen LogP contribution in [0.2, 0.25) is 0 Å². The molecular weight excluding hydrogens is 197 g/mol. The Morgan fingerprint density at radius 1 is 1.77 bits per heavy atom. The van der Waals surface area contributed by atoms with Gasteiger partial charge in [-0.2, -0.15) is 4.62 Å². The van der Waals surface area contributed by atoms with E-state index in [4.69, 9.17) is 4.89 Å². The van der Waals surface area contributed by atoms with Crippen LogP contribution in [-0.4, -0.2) is 17.4 Å². The van der Waals surface area contributed by atoms with Crippen molar-refractivity contribution in [2.45, 2.75) is 13.3 Å². The molecule has 0 bridgehead atoms. The largest absolute Gasteiger partial charge is 0.493 e. The van der Waals surface area contributed by atoms with Gasteiger partial charge in [0.15, 0.2) is 0 Å². The second-order valence-electron chi connectivity index (χ2n) is 2.06. The molecular formula is C6H12NO5P. The summed E-state index contributed by atoms with van der Waals surface area (Å²) >= 11 is 0. The van der Waals surface area contributed by atoms with Crippen LogP contribution in [-0.2, 0) is 18.5 Å². The molecule has 0 rings (SSSR count). The minimum Gasteiger partial charge on any atom is -0.301 e. The fourth-order valence-corrected chi connectivity index (χ4v) is 1.05. The van der Waals surface area contributed by atoms with Gasteiger partial charge in [-0.15, -0.1) is 0 Å². The minimum absolute atomic E-state index is 0.0811. The summed E-state index contributed by atoms with van der Waals surface area (Å²) in [5, 5.41) is 0. The Bertz CT molecular complexity index is 229. The molecule has 6 nitrogen and oxygen atoms in total. The van der Waals surface area contributed by atoms with Crippen molar-refractivity contribution in [1.29, 1.82) is 0 Å². The average Bonchev–Trinajstić information content (AvgIpc) is 2.11.